The third kappa shape index (κ3) is 5.46. The van der Waals surface area contributed by atoms with Crippen LogP contribution in [0, 0.1) is 6.92 Å². The van der Waals surface area contributed by atoms with Crippen molar-refractivity contribution in [2.45, 2.75) is 38.4 Å². The minimum Gasteiger partial charge on any atom is -0.383 e. The predicted octanol–water partition coefficient (Wildman–Crippen LogP) is 2.17. The summed E-state index contributed by atoms with van der Waals surface area (Å²) in [6, 6.07) is 7.54. The number of likely N-dealkylation sites (N-methyl/N-ethyl adjacent to an activating group) is 1. The molecule has 36 heavy (non-hydrogen) atoms. The number of aromatic nitrogens is 2. The number of carbonyl (C=O) groups excluding carboxylic acids is 2. The Morgan fingerprint density at radius 2 is 2.03 bits per heavy atom. The number of benzene rings is 1. The van der Waals surface area contributed by atoms with E-state index in [4.69, 9.17) is 4.74 Å². The van der Waals surface area contributed by atoms with Crippen molar-refractivity contribution in [2.24, 2.45) is 0 Å². The van der Waals surface area contributed by atoms with Crippen LogP contribution in [0.1, 0.15) is 42.8 Å². The van der Waals surface area contributed by atoms with Crippen molar-refractivity contribution >= 4 is 34.1 Å². The van der Waals surface area contributed by atoms with Gasteiger partial charge in [0.1, 0.15) is 5.69 Å². The molecule has 2 aliphatic heterocycles. The summed E-state index contributed by atoms with van der Waals surface area (Å²) in [7, 11) is 3.77. The van der Waals surface area contributed by atoms with Crippen LogP contribution < -0.4 is 10.6 Å². The first kappa shape index (κ1) is 24.9. The van der Waals surface area contributed by atoms with E-state index in [1.165, 1.54) is 11.3 Å². The summed E-state index contributed by atoms with van der Waals surface area (Å²) in [4.78, 5) is 40.0. The maximum Gasteiger partial charge on any atom is 0.280 e. The molecule has 1 fully saturated rings. The van der Waals surface area contributed by atoms with E-state index in [1.807, 2.05) is 25.1 Å². The van der Waals surface area contributed by atoms with Crippen LogP contribution in [0.2, 0.25) is 0 Å². The molecule has 3 aromatic rings. The zero-order chi connectivity index (χ0) is 25.2. The molecular weight excluding hydrogens is 476 g/mol. The number of nitrogens with zero attached hydrogens (tertiary/aromatic N) is 3. The van der Waals surface area contributed by atoms with Gasteiger partial charge in [0.25, 0.3) is 11.8 Å². The average molecular weight is 511 g/mol. The highest BCUT2D eigenvalue weighted by atomic mass is 32.1. The highest BCUT2D eigenvalue weighted by Gasteiger charge is 2.33. The lowest BCUT2D eigenvalue weighted by molar-refractivity contribution is 0.0763. The summed E-state index contributed by atoms with van der Waals surface area (Å²) in [5.41, 5.74) is 3.64. The molecule has 0 saturated carbocycles. The Morgan fingerprint density at radius 3 is 2.86 bits per heavy atom. The van der Waals surface area contributed by atoms with Gasteiger partial charge in [0.05, 0.1) is 24.4 Å². The number of piperidine rings is 1. The molecule has 0 radical (unpaired) electrons. The number of thiazole rings is 1. The van der Waals surface area contributed by atoms with Gasteiger partial charge in [0.2, 0.25) is 0 Å². The number of likely N-dealkylation sites (tertiary alicyclic amines) is 1. The van der Waals surface area contributed by atoms with Crippen molar-refractivity contribution in [1.82, 2.24) is 30.4 Å². The van der Waals surface area contributed by atoms with Crippen molar-refractivity contribution < 1.29 is 14.3 Å². The zero-order valence-electron chi connectivity index (χ0n) is 21.1. The molecule has 0 unspecified atom stereocenters. The number of rotatable bonds is 7. The highest BCUT2D eigenvalue weighted by Crippen LogP contribution is 2.25. The fraction of sp³-hybridized carbons (Fsp3) is 0.500. The standard InChI is InChI=1S/C26H34N6O3S/c1-16-4-5-18-17(12-16)13-21(27-18)24(33)28-19-7-9-32(10-11-35-3)14-22(19)29-25(34)26-30-20-6-8-31(2)15-23(20)36-26/h4-5,12-13,19,22,27H,6-11,14-15H2,1-3H3,(H,28,33)(H,29,34)/t19-,22+/m0/s1. The molecule has 0 spiro atoms. The van der Waals surface area contributed by atoms with Crippen molar-refractivity contribution in [3.8, 4) is 0 Å². The molecule has 1 saturated heterocycles. The van der Waals surface area contributed by atoms with Gasteiger partial charge in [-0.05, 0) is 38.6 Å². The number of fused-ring (bicyclic) bond motifs is 2. The largest absolute Gasteiger partial charge is 0.383 e. The minimum atomic E-state index is -0.234. The summed E-state index contributed by atoms with van der Waals surface area (Å²) in [5.74, 6) is -0.331. The van der Waals surface area contributed by atoms with Crippen molar-refractivity contribution in [3.63, 3.8) is 0 Å². The second-order valence-corrected chi connectivity index (χ2v) is 11.0. The first-order valence-corrected chi connectivity index (χ1v) is 13.3. The van der Waals surface area contributed by atoms with E-state index < -0.39 is 0 Å². The van der Waals surface area contributed by atoms with Crippen LogP contribution in [0.5, 0.6) is 0 Å². The Balaban J connectivity index is 1.30. The lowest BCUT2D eigenvalue weighted by Crippen LogP contribution is -2.60. The number of amides is 2. The molecule has 2 aromatic heterocycles. The normalized spacial score (nSPS) is 20.9. The molecule has 192 valence electrons. The molecule has 3 N–H and O–H groups in total. The Kier molecular flexibility index (Phi) is 7.38. The molecule has 1 aromatic carbocycles. The van der Waals surface area contributed by atoms with Gasteiger partial charge in [-0.25, -0.2) is 4.98 Å². The van der Waals surface area contributed by atoms with Gasteiger partial charge >= 0.3 is 0 Å². The van der Waals surface area contributed by atoms with Crippen LogP contribution >= 0.6 is 11.3 Å². The third-order valence-corrected chi connectivity index (χ3v) is 8.16. The Bertz CT molecular complexity index is 1250. The van der Waals surface area contributed by atoms with Crippen LogP contribution in [0.15, 0.2) is 24.3 Å². The van der Waals surface area contributed by atoms with Crippen LogP contribution in [-0.2, 0) is 17.7 Å². The molecule has 2 amide bonds. The number of ether oxygens (including phenoxy) is 1. The summed E-state index contributed by atoms with van der Waals surface area (Å²) in [5, 5.41) is 7.89. The smallest absolute Gasteiger partial charge is 0.280 e. The average Bonchev–Trinajstić information content (AvgIpc) is 3.47. The summed E-state index contributed by atoms with van der Waals surface area (Å²) >= 11 is 1.48. The fourth-order valence-corrected chi connectivity index (χ4v) is 6.12. The van der Waals surface area contributed by atoms with Crippen molar-refractivity contribution in [2.75, 3.05) is 46.9 Å². The predicted molar refractivity (Wildman–Crippen MR) is 141 cm³/mol. The minimum absolute atomic E-state index is 0.161. The van der Waals surface area contributed by atoms with E-state index in [2.05, 4.69) is 43.5 Å². The van der Waals surface area contributed by atoms with Gasteiger partial charge in [-0.1, -0.05) is 11.6 Å². The van der Waals surface area contributed by atoms with E-state index >= 15 is 0 Å². The zero-order valence-corrected chi connectivity index (χ0v) is 21.9. The lowest BCUT2D eigenvalue weighted by atomic mass is 9.98. The topological polar surface area (TPSA) is 103 Å². The van der Waals surface area contributed by atoms with Gasteiger partial charge in [-0.15, -0.1) is 11.3 Å². The van der Waals surface area contributed by atoms with E-state index in [1.54, 1.807) is 7.11 Å². The van der Waals surface area contributed by atoms with Gasteiger partial charge in [0, 0.05) is 62.0 Å². The van der Waals surface area contributed by atoms with Crippen molar-refractivity contribution in [1.29, 1.82) is 0 Å². The molecular formula is C26H34N6O3S. The molecule has 0 aliphatic carbocycles. The second kappa shape index (κ2) is 10.7. The number of carbonyl (C=O) groups is 2. The molecule has 10 heteroatoms. The first-order valence-electron chi connectivity index (χ1n) is 12.5. The molecule has 4 heterocycles. The Labute approximate surface area is 215 Å². The van der Waals surface area contributed by atoms with Crippen LogP contribution in [-0.4, -0.2) is 90.6 Å². The Morgan fingerprint density at radius 1 is 1.19 bits per heavy atom. The maximum absolute atomic E-state index is 13.2. The Hall–Kier alpha value is -2.79. The molecule has 9 nitrogen and oxygen atoms in total. The van der Waals surface area contributed by atoms with E-state index in [0.29, 0.717) is 23.9 Å². The SMILES string of the molecule is COCCN1CC[C@H](NC(=O)c2cc3cc(C)ccc3[nH]2)[C@H](NC(=O)c2nc3c(s2)CN(C)CC3)C1. The summed E-state index contributed by atoms with van der Waals surface area (Å²) in [6.45, 7) is 6.69. The third-order valence-electron chi connectivity index (χ3n) is 7.08. The second-order valence-electron chi connectivity index (χ2n) is 9.89. The van der Waals surface area contributed by atoms with E-state index in [0.717, 1.165) is 66.1 Å². The van der Waals surface area contributed by atoms with Crippen LogP contribution in [0.3, 0.4) is 0 Å². The van der Waals surface area contributed by atoms with Crippen LogP contribution in [0.4, 0.5) is 0 Å². The van der Waals surface area contributed by atoms with Gasteiger partial charge in [0.15, 0.2) is 5.01 Å². The van der Waals surface area contributed by atoms with Crippen LogP contribution in [0.25, 0.3) is 10.9 Å². The maximum atomic E-state index is 13.2. The number of nitrogens with one attached hydrogen (secondary N) is 3. The lowest BCUT2D eigenvalue weighted by Gasteiger charge is -2.39. The number of methoxy groups -OCH3 is 1. The number of hydrogen-bond donors (Lipinski definition) is 3. The van der Waals surface area contributed by atoms with Gasteiger partial charge in [-0.3, -0.25) is 14.5 Å². The number of aromatic amines is 1. The molecule has 2 atom stereocenters. The van der Waals surface area contributed by atoms with E-state index in [9.17, 15) is 9.59 Å². The quantitative estimate of drug-likeness (QED) is 0.450. The summed E-state index contributed by atoms with van der Waals surface area (Å²) in [6.07, 6.45) is 1.60. The molecule has 2 aliphatic rings. The summed E-state index contributed by atoms with van der Waals surface area (Å²) < 4.78 is 5.26. The van der Waals surface area contributed by atoms with Gasteiger partial charge in [-0.2, -0.15) is 0 Å². The van der Waals surface area contributed by atoms with Crippen molar-refractivity contribution in [3.05, 3.63) is 51.1 Å². The fourth-order valence-electron chi connectivity index (χ4n) is 5.03. The molecule has 0 bridgehead atoms. The number of hydrogen-bond acceptors (Lipinski definition) is 7. The molecule has 5 rings (SSSR count). The number of H-pyrrole nitrogens is 1. The van der Waals surface area contributed by atoms with Gasteiger partial charge < -0.3 is 25.3 Å². The number of aryl methyl sites for hydroxylation is 1. The highest BCUT2D eigenvalue weighted by molar-refractivity contribution is 7.13. The van der Waals surface area contributed by atoms with E-state index in [-0.39, 0.29) is 23.9 Å². The first-order chi connectivity index (χ1) is 17.4. The monoisotopic (exact) mass is 510 g/mol.